The zero-order valence-corrected chi connectivity index (χ0v) is 10.7. The fourth-order valence-electron chi connectivity index (χ4n) is 1.49. The number of aryl methyl sites for hydroxylation is 1. The molecule has 0 atom stereocenters. The van der Waals surface area contributed by atoms with E-state index in [2.05, 4.69) is 10.3 Å². The molecule has 0 bridgehead atoms. The van der Waals surface area contributed by atoms with E-state index in [1.807, 2.05) is 6.92 Å². The lowest BCUT2D eigenvalue weighted by Crippen LogP contribution is -2.14. The van der Waals surface area contributed by atoms with Gasteiger partial charge >= 0.3 is 0 Å². The zero-order valence-electron chi connectivity index (χ0n) is 9.91. The van der Waals surface area contributed by atoms with Crippen molar-refractivity contribution in [3.05, 3.63) is 45.0 Å². The molecular weight excluding hydrogens is 268 g/mol. The third-order valence-electron chi connectivity index (χ3n) is 2.37. The first kappa shape index (κ1) is 13.0. The maximum Gasteiger partial charge on any atom is 0.292 e. The monoisotopic (exact) mass is 278 g/mol. The van der Waals surface area contributed by atoms with Crippen LogP contribution in [0.2, 0.25) is 0 Å². The molecule has 2 aromatic rings. The van der Waals surface area contributed by atoms with Gasteiger partial charge in [-0.05, 0) is 13.0 Å². The lowest BCUT2D eigenvalue weighted by atomic mass is 10.1. The summed E-state index contributed by atoms with van der Waals surface area (Å²) in [6.07, 6.45) is 1.62. The minimum atomic E-state index is -0.625. The van der Waals surface area contributed by atoms with E-state index < -0.39 is 10.8 Å². The first-order valence-corrected chi connectivity index (χ1v) is 6.07. The largest absolute Gasteiger partial charge is 0.393 e. The number of nitro benzene ring substituents is 1. The van der Waals surface area contributed by atoms with E-state index in [0.717, 1.165) is 4.88 Å². The van der Waals surface area contributed by atoms with Crippen LogP contribution >= 0.6 is 11.3 Å². The molecule has 0 radical (unpaired) electrons. The molecular formula is C11H10N4O3S. The van der Waals surface area contributed by atoms with Crippen LogP contribution < -0.4 is 11.1 Å². The number of nitrogens with one attached hydrogen (secondary N) is 1. The van der Waals surface area contributed by atoms with Gasteiger partial charge in [0.15, 0.2) is 5.13 Å². The van der Waals surface area contributed by atoms with Gasteiger partial charge in [0.1, 0.15) is 5.69 Å². The quantitative estimate of drug-likeness (QED) is 0.508. The predicted molar refractivity (Wildman–Crippen MR) is 72.3 cm³/mol. The summed E-state index contributed by atoms with van der Waals surface area (Å²) in [5, 5.41) is 13.7. The van der Waals surface area contributed by atoms with E-state index in [-0.39, 0.29) is 16.9 Å². The highest BCUT2D eigenvalue weighted by Crippen LogP contribution is 2.26. The van der Waals surface area contributed by atoms with Crippen molar-refractivity contribution in [2.24, 2.45) is 0 Å². The number of anilines is 2. The Balaban J connectivity index is 2.29. The highest BCUT2D eigenvalue weighted by molar-refractivity contribution is 7.15. The van der Waals surface area contributed by atoms with Gasteiger partial charge in [-0.2, -0.15) is 0 Å². The number of nitrogen functional groups attached to an aromatic ring is 1. The van der Waals surface area contributed by atoms with Crippen LogP contribution in [0.4, 0.5) is 16.5 Å². The second kappa shape index (κ2) is 5.02. The topological polar surface area (TPSA) is 111 Å². The molecule has 2 rings (SSSR count). The number of amides is 1. The molecule has 0 aliphatic rings. The third-order valence-corrected chi connectivity index (χ3v) is 3.19. The van der Waals surface area contributed by atoms with Crippen molar-refractivity contribution in [2.45, 2.75) is 6.92 Å². The molecule has 0 saturated carbocycles. The molecule has 1 aromatic heterocycles. The minimum Gasteiger partial charge on any atom is -0.393 e. The minimum absolute atomic E-state index is 0.0575. The standard InChI is InChI=1S/C11H10N4O3S/c1-6-5-13-11(19-6)14-10(16)7-3-2-4-8(9(7)12)15(17)18/h2-5H,12H2,1H3,(H,13,14,16). The number of nitrogens with zero attached hydrogens (tertiary/aromatic N) is 2. The predicted octanol–water partition coefficient (Wildman–Crippen LogP) is 2.19. The lowest BCUT2D eigenvalue weighted by molar-refractivity contribution is -0.383. The van der Waals surface area contributed by atoms with Crippen LogP contribution in [0.15, 0.2) is 24.4 Å². The summed E-state index contributed by atoms with van der Waals surface area (Å²) in [6, 6.07) is 4.09. The van der Waals surface area contributed by atoms with E-state index in [9.17, 15) is 14.9 Å². The molecule has 1 amide bonds. The van der Waals surface area contributed by atoms with E-state index in [1.54, 1.807) is 6.20 Å². The van der Waals surface area contributed by atoms with Crippen LogP contribution in [0.3, 0.4) is 0 Å². The van der Waals surface area contributed by atoms with Gasteiger partial charge < -0.3 is 5.73 Å². The second-order valence-electron chi connectivity index (χ2n) is 3.73. The summed E-state index contributed by atoms with van der Waals surface area (Å²) < 4.78 is 0. The molecule has 0 spiro atoms. The molecule has 8 heteroatoms. The van der Waals surface area contributed by atoms with E-state index in [0.29, 0.717) is 5.13 Å². The molecule has 1 heterocycles. The van der Waals surface area contributed by atoms with Gasteiger partial charge in [0, 0.05) is 17.1 Å². The summed E-state index contributed by atoms with van der Waals surface area (Å²) in [5.41, 5.74) is 5.24. The Morgan fingerprint density at radius 3 is 2.84 bits per heavy atom. The summed E-state index contributed by atoms with van der Waals surface area (Å²) in [7, 11) is 0. The van der Waals surface area contributed by atoms with Crippen molar-refractivity contribution in [1.82, 2.24) is 4.98 Å². The molecule has 0 unspecified atom stereocenters. The Hall–Kier alpha value is -2.48. The van der Waals surface area contributed by atoms with Gasteiger partial charge in [0.05, 0.1) is 10.5 Å². The Bertz CT molecular complexity index is 653. The molecule has 0 aliphatic carbocycles. The van der Waals surface area contributed by atoms with Gasteiger partial charge in [0.2, 0.25) is 0 Å². The molecule has 0 fully saturated rings. The number of carbonyl (C=O) groups is 1. The van der Waals surface area contributed by atoms with Crippen molar-refractivity contribution in [3.8, 4) is 0 Å². The van der Waals surface area contributed by atoms with Crippen LogP contribution in [0.25, 0.3) is 0 Å². The molecule has 0 aliphatic heterocycles. The summed E-state index contributed by atoms with van der Waals surface area (Å²) in [5.74, 6) is -0.518. The molecule has 0 saturated heterocycles. The SMILES string of the molecule is Cc1cnc(NC(=O)c2cccc([N+](=O)[O-])c2N)s1. The average Bonchev–Trinajstić information content (AvgIpc) is 2.74. The normalized spacial score (nSPS) is 10.2. The highest BCUT2D eigenvalue weighted by atomic mass is 32.1. The fraction of sp³-hybridized carbons (Fsp3) is 0.0909. The fourth-order valence-corrected chi connectivity index (χ4v) is 2.15. The number of rotatable bonds is 3. The maximum absolute atomic E-state index is 12.0. The molecule has 7 nitrogen and oxygen atoms in total. The van der Waals surface area contributed by atoms with Crippen LogP contribution in [0, 0.1) is 17.0 Å². The highest BCUT2D eigenvalue weighted by Gasteiger charge is 2.19. The van der Waals surface area contributed by atoms with Crippen molar-refractivity contribution in [2.75, 3.05) is 11.1 Å². The zero-order chi connectivity index (χ0) is 14.0. The summed E-state index contributed by atoms with van der Waals surface area (Å²) in [4.78, 5) is 27.0. The Morgan fingerprint density at radius 2 is 2.26 bits per heavy atom. The van der Waals surface area contributed by atoms with Crippen molar-refractivity contribution in [1.29, 1.82) is 0 Å². The van der Waals surface area contributed by atoms with Crippen LogP contribution in [0.5, 0.6) is 0 Å². The molecule has 1 aromatic carbocycles. The van der Waals surface area contributed by atoms with Crippen molar-refractivity contribution < 1.29 is 9.72 Å². The van der Waals surface area contributed by atoms with Gasteiger partial charge in [-0.25, -0.2) is 4.98 Å². The van der Waals surface area contributed by atoms with Crippen LogP contribution in [-0.2, 0) is 0 Å². The molecule has 98 valence electrons. The van der Waals surface area contributed by atoms with Crippen LogP contribution in [-0.4, -0.2) is 15.8 Å². The number of carbonyl (C=O) groups excluding carboxylic acids is 1. The van der Waals surface area contributed by atoms with Gasteiger partial charge in [-0.15, -0.1) is 11.3 Å². The van der Waals surface area contributed by atoms with Gasteiger partial charge in [-0.1, -0.05) is 6.07 Å². The Kier molecular flexibility index (Phi) is 3.43. The number of nitro groups is 1. The summed E-state index contributed by atoms with van der Waals surface area (Å²) in [6.45, 7) is 1.86. The smallest absolute Gasteiger partial charge is 0.292 e. The number of aromatic nitrogens is 1. The number of thiazole rings is 1. The lowest BCUT2D eigenvalue weighted by Gasteiger charge is -2.05. The van der Waals surface area contributed by atoms with Crippen molar-refractivity contribution >= 4 is 33.8 Å². The molecule has 19 heavy (non-hydrogen) atoms. The average molecular weight is 278 g/mol. The maximum atomic E-state index is 12.0. The first-order chi connectivity index (χ1) is 8.99. The van der Waals surface area contributed by atoms with E-state index in [1.165, 1.54) is 29.5 Å². The number of hydrogen-bond acceptors (Lipinski definition) is 6. The number of benzene rings is 1. The Labute approximate surface area is 112 Å². The molecule has 3 N–H and O–H groups in total. The second-order valence-corrected chi connectivity index (χ2v) is 4.96. The number of nitrogens with two attached hydrogens (primary N) is 1. The summed E-state index contributed by atoms with van der Waals surface area (Å²) >= 11 is 1.31. The Morgan fingerprint density at radius 1 is 1.53 bits per heavy atom. The number of hydrogen-bond donors (Lipinski definition) is 2. The van der Waals surface area contributed by atoms with E-state index in [4.69, 9.17) is 5.73 Å². The first-order valence-electron chi connectivity index (χ1n) is 5.25. The van der Waals surface area contributed by atoms with Gasteiger partial charge in [0.25, 0.3) is 11.6 Å². The third kappa shape index (κ3) is 2.68. The van der Waals surface area contributed by atoms with Crippen molar-refractivity contribution in [3.63, 3.8) is 0 Å². The van der Waals surface area contributed by atoms with Crippen LogP contribution in [0.1, 0.15) is 15.2 Å². The van der Waals surface area contributed by atoms with Gasteiger partial charge in [-0.3, -0.25) is 20.2 Å². The number of para-hydroxylation sites is 1. The van der Waals surface area contributed by atoms with E-state index >= 15 is 0 Å².